The van der Waals surface area contributed by atoms with Crippen molar-refractivity contribution in [3.8, 4) is 5.88 Å². The van der Waals surface area contributed by atoms with Gasteiger partial charge < -0.3 is 14.5 Å². The number of rotatable bonds is 4. The van der Waals surface area contributed by atoms with Crippen molar-refractivity contribution in [3.05, 3.63) is 12.3 Å². The van der Waals surface area contributed by atoms with E-state index in [1.807, 2.05) is 0 Å². The van der Waals surface area contributed by atoms with Gasteiger partial charge in [0.1, 0.15) is 0 Å². The average molecular weight is 291 g/mol. The molecule has 2 fully saturated rings. The molecule has 0 amide bonds. The fraction of sp³-hybridized carbons (Fsp3) is 0.733. The number of hydrogen-bond acceptors (Lipinski definition) is 6. The topological polar surface area (TPSA) is 44.7 Å². The van der Waals surface area contributed by atoms with Crippen LogP contribution in [0.1, 0.15) is 6.42 Å². The van der Waals surface area contributed by atoms with Crippen LogP contribution in [0, 0.1) is 5.92 Å². The third kappa shape index (κ3) is 3.63. The van der Waals surface area contributed by atoms with Gasteiger partial charge in [0, 0.05) is 51.5 Å². The molecule has 116 valence electrons. The molecule has 1 aromatic heterocycles. The molecule has 0 aliphatic carbocycles. The second-order valence-corrected chi connectivity index (χ2v) is 6.10. The number of anilines is 1. The molecule has 0 bridgehead atoms. The molecule has 0 aromatic carbocycles. The van der Waals surface area contributed by atoms with Gasteiger partial charge in [-0.05, 0) is 25.9 Å². The second-order valence-electron chi connectivity index (χ2n) is 6.10. The molecule has 3 rings (SSSR count). The fourth-order valence-corrected chi connectivity index (χ4v) is 3.27. The van der Waals surface area contributed by atoms with Gasteiger partial charge in [0.15, 0.2) is 0 Å². The van der Waals surface area contributed by atoms with Gasteiger partial charge >= 0.3 is 0 Å². The van der Waals surface area contributed by atoms with Gasteiger partial charge in [-0.15, -0.1) is 0 Å². The Morgan fingerprint density at radius 2 is 2.05 bits per heavy atom. The molecule has 2 saturated heterocycles. The maximum atomic E-state index is 5.17. The maximum Gasteiger partial charge on any atom is 0.228 e. The van der Waals surface area contributed by atoms with Gasteiger partial charge in [0.2, 0.25) is 11.8 Å². The molecule has 3 heterocycles. The maximum absolute atomic E-state index is 5.17. The van der Waals surface area contributed by atoms with E-state index in [2.05, 4.69) is 31.7 Å². The number of likely N-dealkylation sites (tertiary alicyclic amines) is 1. The van der Waals surface area contributed by atoms with Crippen molar-refractivity contribution < 1.29 is 4.74 Å². The first-order chi connectivity index (χ1) is 10.2. The van der Waals surface area contributed by atoms with Gasteiger partial charge in [-0.3, -0.25) is 4.90 Å². The zero-order valence-electron chi connectivity index (χ0n) is 13.0. The van der Waals surface area contributed by atoms with E-state index in [-0.39, 0.29) is 0 Å². The summed E-state index contributed by atoms with van der Waals surface area (Å²) < 4.78 is 5.17. The Morgan fingerprint density at radius 1 is 1.24 bits per heavy atom. The summed E-state index contributed by atoms with van der Waals surface area (Å²) >= 11 is 0. The Kier molecular flexibility index (Phi) is 4.55. The van der Waals surface area contributed by atoms with Gasteiger partial charge in [0.25, 0.3) is 0 Å². The van der Waals surface area contributed by atoms with Crippen LogP contribution in [0.15, 0.2) is 12.3 Å². The van der Waals surface area contributed by atoms with Gasteiger partial charge in [-0.2, -0.15) is 4.98 Å². The lowest BCUT2D eigenvalue weighted by Crippen LogP contribution is -2.48. The van der Waals surface area contributed by atoms with Crippen LogP contribution < -0.4 is 9.64 Å². The summed E-state index contributed by atoms with van der Waals surface area (Å²) in [7, 11) is 3.86. The fourth-order valence-electron chi connectivity index (χ4n) is 3.27. The van der Waals surface area contributed by atoms with Crippen LogP contribution in [-0.4, -0.2) is 79.7 Å². The van der Waals surface area contributed by atoms with Crippen LogP contribution in [0.5, 0.6) is 5.88 Å². The lowest BCUT2D eigenvalue weighted by atomic mass is 10.1. The predicted octanol–water partition coefficient (Wildman–Crippen LogP) is 0.559. The second kappa shape index (κ2) is 6.58. The number of methoxy groups -OCH3 is 1. The van der Waals surface area contributed by atoms with Crippen molar-refractivity contribution in [2.75, 3.05) is 64.9 Å². The number of ether oxygens (including phenoxy) is 1. The van der Waals surface area contributed by atoms with Crippen molar-refractivity contribution in [1.29, 1.82) is 0 Å². The first-order valence-corrected chi connectivity index (χ1v) is 7.77. The highest BCUT2D eigenvalue weighted by Gasteiger charge is 2.25. The van der Waals surface area contributed by atoms with Crippen LogP contribution in [0.3, 0.4) is 0 Å². The number of hydrogen-bond donors (Lipinski definition) is 0. The number of piperazine rings is 1. The summed E-state index contributed by atoms with van der Waals surface area (Å²) in [5.74, 6) is 2.26. The van der Waals surface area contributed by atoms with Crippen LogP contribution in [0.25, 0.3) is 0 Å². The van der Waals surface area contributed by atoms with Crippen molar-refractivity contribution in [3.63, 3.8) is 0 Å². The van der Waals surface area contributed by atoms with Crippen molar-refractivity contribution in [2.45, 2.75) is 6.42 Å². The molecule has 6 heteroatoms. The normalized spacial score (nSPS) is 24.5. The first-order valence-electron chi connectivity index (χ1n) is 7.77. The SMILES string of the molecule is COc1ccnc(N2CCN(CC3CCN(C)C3)CC2)n1. The Hall–Kier alpha value is -1.40. The van der Waals surface area contributed by atoms with Crippen LogP contribution in [-0.2, 0) is 0 Å². The number of aromatic nitrogens is 2. The Balaban J connectivity index is 1.50. The molecule has 0 radical (unpaired) electrons. The Bertz CT molecular complexity index is 461. The molecule has 21 heavy (non-hydrogen) atoms. The van der Waals surface area contributed by atoms with Crippen molar-refractivity contribution in [1.82, 2.24) is 19.8 Å². The zero-order valence-corrected chi connectivity index (χ0v) is 13.0. The molecule has 1 aromatic rings. The Morgan fingerprint density at radius 3 is 2.71 bits per heavy atom. The third-order valence-electron chi connectivity index (χ3n) is 4.49. The van der Waals surface area contributed by atoms with Crippen LogP contribution in [0.2, 0.25) is 0 Å². The van der Waals surface area contributed by atoms with Crippen molar-refractivity contribution in [2.24, 2.45) is 5.92 Å². The molecule has 2 aliphatic rings. The smallest absolute Gasteiger partial charge is 0.228 e. The van der Waals surface area contributed by atoms with Gasteiger partial charge in [0.05, 0.1) is 7.11 Å². The summed E-state index contributed by atoms with van der Waals surface area (Å²) in [6.07, 6.45) is 3.11. The number of nitrogens with zero attached hydrogens (tertiary/aromatic N) is 5. The molecular formula is C15H25N5O. The molecule has 0 spiro atoms. The summed E-state index contributed by atoms with van der Waals surface area (Å²) in [5, 5.41) is 0. The predicted molar refractivity (Wildman–Crippen MR) is 82.8 cm³/mol. The summed E-state index contributed by atoms with van der Waals surface area (Å²) in [6.45, 7) is 7.92. The minimum absolute atomic E-state index is 0.636. The molecule has 1 unspecified atom stereocenters. The summed E-state index contributed by atoms with van der Waals surface area (Å²) in [5.41, 5.74) is 0. The molecule has 0 N–H and O–H groups in total. The highest BCUT2D eigenvalue weighted by atomic mass is 16.5. The molecule has 6 nitrogen and oxygen atoms in total. The molecule has 1 atom stereocenters. The molecule has 0 saturated carbocycles. The summed E-state index contributed by atoms with van der Waals surface area (Å²) in [6, 6.07) is 1.79. The van der Waals surface area contributed by atoms with E-state index in [1.54, 1.807) is 19.4 Å². The zero-order chi connectivity index (χ0) is 14.7. The largest absolute Gasteiger partial charge is 0.481 e. The van der Waals surface area contributed by atoms with E-state index >= 15 is 0 Å². The van der Waals surface area contributed by atoms with Crippen molar-refractivity contribution >= 4 is 5.95 Å². The minimum atomic E-state index is 0.636. The van der Waals surface area contributed by atoms with E-state index in [0.717, 1.165) is 38.0 Å². The standard InChI is InChI=1S/C15H25N5O/c1-18-6-4-13(11-18)12-19-7-9-20(10-8-19)15-16-5-3-14(17-15)21-2/h3,5,13H,4,6-12H2,1-2H3. The third-order valence-corrected chi connectivity index (χ3v) is 4.49. The van der Waals surface area contributed by atoms with E-state index < -0.39 is 0 Å². The van der Waals surface area contributed by atoms with E-state index in [4.69, 9.17) is 4.74 Å². The van der Waals surface area contributed by atoms with E-state index in [0.29, 0.717) is 5.88 Å². The van der Waals surface area contributed by atoms with Gasteiger partial charge in [-0.25, -0.2) is 4.98 Å². The van der Waals surface area contributed by atoms with E-state index in [1.165, 1.54) is 26.1 Å². The minimum Gasteiger partial charge on any atom is -0.481 e. The highest BCUT2D eigenvalue weighted by Crippen LogP contribution is 2.18. The van der Waals surface area contributed by atoms with Crippen LogP contribution in [0.4, 0.5) is 5.95 Å². The van der Waals surface area contributed by atoms with Gasteiger partial charge in [-0.1, -0.05) is 0 Å². The lowest BCUT2D eigenvalue weighted by Gasteiger charge is -2.35. The highest BCUT2D eigenvalue weighted by molar-refractivity contribution is 5.32. The Labute approximate surface area is 126 Å². The lowest BCUT2D eigenvalue weighted by molar-refractivity contribution is 0.218. The monoisotopic (exact) mass is 291 g/mol. The molecule has 2 aliphatic heterocycles. The quantitative estimate of drug-likeness (QED) is 0.808. The van der Waals surface area contributed by atoms with Crippen LogP contribution >= 0.6 is 0 Å². The average Bonchev–Trinajstić information content (AvgIpc) is 2.93. The first kappa shape index (κ1) is 14.5. The molecular weight excluding hydrogens is 266 g/mol. The summed E-state index contributed by atoms with van der Waals surface area (Å²) in [4.78, 5) is 16.0. The van der Waals surface area contributed by atoms with E-state index in [9.17, 15) is 0 Å².